The van der Waals surface area contributed by atoms with Crippen LogP contribution in [0.5, 0.6) is 0 Å². The highest BCUT2D eigenvalue weighted by molar-refractivity contribution is 5.29. The number of alkyl halides is 2. The molecule has 0 aliphatic carbocycles. The smallest absolute Gasteiger partial charge is 0.261 e. The van der Waals surface area contributed by atoms with E-state index in [1.165, 1.54) is 0 Å². The molecule has 2 rings (SSSR count). The molecule has 1 fully saturated rings. The van der Waals surface area contributed by atoms with Crippen LogP contribution >= 0.6 is 0 Å². The van der Waals surface area contributed by atoms with Gasteiger partial charge in [0.25, 0.3) is 6.43 Å². The number of hydrogen-bond acceptors (Lipinski definition) is 5. The van der Waals surface area contributed by atoms with Gasteiger partial charge in [-0.3, -0.25) is 5.10 Å². The molecule has 21 heavy (non-hydrogen) atoms. The van der Waals surface area contributed by atoms with Crippen molar-refractivity contribution in [3.8, 4) is 0 Å². The number of hydrogen-bond donors (Lipinski definition) is 2. The number of nitrogens with one attached hydrogen (secondary N) is 1. The maximum absolute atomic E-state index is 11.9. The summed E-state index contributed by atoms with van der Waals surface area (Å²) in [6.07, 6.45) is 0.107. The van der Waals surface area contributed by atoms with Crippen molar-refractivity contribution >= 4 is 5.95 Å². The Hall–Kier alpha value is -1.28. The van der Waals surface area contributed by atoms with Gasteiger partial charge in [0.2, 0.25) is 5.95 Å². The Labute approximate surface area is 123 Å². The maximum atomic E-state index is 11.9. The highest BCUT2D eigenvalue weighted by Crippen LogP contribution is 2.22. The number of halogens is 2. The quantitative estimate of drug-likeness (QED) is 0.740. The van der Waals surface area contributed by atoms with E-state index in [-0.39, 0.29) is 12.6 Å². The zero-order valence-electron chi connectivity index (χ0n) is 12.3. The lowest BCUT2D eigenvalue weighted by atomic mass is 9.91. The van der Waals surface area contributed by atoms with Crippen molar-refractivity contribution in [1.29, 1.82) is 0 Å². The van der Waals surface area contributed by atoms with Gasteiger partial charge >= 0.3 is 0 Å². The lowest BCUT2D eigenvalue weighted by molar-refractivity contribution is 0.0183. The van der Waals surface area contributed by atoms with Crippen LogP contribution in [0.15, 0.2) is 0 Å². The Kier molecular flexibility index (Phi) is 5.86. The molecule has 8 heteroatoms. The predicted molar refractivity (Wildman–Crippen MR) is 75.5 cm³/mol. The van der Waals surface area contributed by atoms with Crippen molar-refractivity contribution < 1.29 is 13.5 Å². The van der Waals surface area contributed by atoms with Gasteiger partial charge < -0.3 is 15.4 Å². The van der Waals surface area contributed by atoms with E-state index >= 15 is 0 Å². The van der Waals surface area contributed by atoms with Crippen molar-refractivity contribution in [3.05, 3.63) is 5.82 Å². The molecule has 0 spiro atoms. The average molecular weight is 303 g/mol. The molecule has 120 valence electrons. The third-order valence-electron chi connectivity index (χ3n) is 3.81. The second-order valence-corrected chi connectivity index (χ2v) is 5.48. The minimum absolute atomic E-state index is 0.214. The van der Waals surface area contributed by atoms with Gasteiger partial charge in [-0.05, 0) is 25.7 Å². The molecule has 1 unspecified atom stereocenters. The van der Waals surface area contributed by atoms with E-state index in [1.807, 2.05) is 6.92 Å². The van der Waals surface area contributed by atoms with E-state index in [4.69, 9.17) is 10.5 Å². The van der Waals surface area contributed by atoms with Gasteiger partial charge in [-0.25, -0.2) is 8.78 Å². The molecule has 6 nitrogen and oxygen atoms in total. The minimum Gasteiger partial charge on any atom is -0.375 e. The van der Waals surface area contributed by atoms with Gasteiger partial charge in [-0.15, -0.1) is 5.10 Å². The SMILES string of the molecule is CC(N)C1CCN(c2n[nH]c(CCOCC(F)F)n2)CC1. The van der Waals surface area contributed by atoms with Crippen LogP contribution in [0, 0.1) is 5.92 Å². The van der Waals surface area contributed by atoms with Crippen molar-refractivity contribution in [2.24, 2.45) is 11.7 Å². The summed E-state index contributed by atoms with van der Waals surface area (Å²) < 4.78 is 28.7. The maximum Gasteiger partial charge on any atom is 0.261 e. The molecule has 1 aliphatic rings. The topological polar surface area (TPSA) is 80.1 Å². The van der Waals surface area contributed by atoms with Crippen LogP contribution in [0.2, 0.25) is 0 Å². The molecule has 2 heterocycles. The Morgan fingerprint density at radius 3 is 2.76 bits per heavy atom. The minimum atomic E-state index is -2.43. The van der Waals surface area contributed by atoms with E-state index < -0.39 is 13.0 Å². The summed E-state index contributed by atoms with van der Waals surface area (Å²) in [5, 5.41) is 7.01. The zero-order chi connectivity index (χ0) is 15.2. The van der Waals surface area contributed by atoms with Crippen molar-refractivity contribution in [1.82, 2.24) is 15.2 Å². The average Bonchev–Trinajstić information content (AvgIpc) is 2.92. The van der Waals surface area contributed by atoms with E-state index in [1.54, 1.807) is 0 Å². The summed E-state index contributed by atoms with van der Waals surface area (Å²) in [5.74, 6) is 1.89. The van der Waals surface area contributed by atoms with Crippen LogP contribution in [0.4, 0.5) is 14.7 Å². The van der Waals surface area contributed by atoms with Crippen molar-refractivity contribution in [3.63, 3.8) is 0 Å². The number of ether oxygens (including phenoxy) is 1. The molecule has 1 aromatic heterocycles. The molecule has 0 saturated carbocycles. The summed E-state index contributed by atoms with van der Waals surface area (Å²) in [4.78, 5) is 6.50. The van der Waals surface area contributed by atoms with Crippen LogP contribution in [-0.2, 0) is 11.2 Å². The number of piperidine rings is 1. The van der Waals surface area contributed by atoms with Crippen LogP contribution in [0.3, 0.4) is 0 Å². The number of nitrogens with zero attached hydrogens (tertiary/aromatic N) is 3. The molecular weight excluding hydrogens is 280 g/mol. The molecule has 0 bridgehead atoms. The fourth-order valence-corrected chi connectivity index (χ4v) is 2.50. The highest BCUT2D eigenvalue weighted by atomic mass is 19.3. The third kappa shape index (κ3) is 4.89. The summed E-state index contributed by atoms with van der Waals surface area (Å²) >= 11 is 0. The summed E-state index contributed by atoms with van der Waals surface area (Å²) in [5.41, 5.74) is 5.92. The van der Waals surface area contributed by atoms with Crippen LogP contribution in [-0.4, -0.2) is 54.0 Å². The molecule has 1 aliphatic heterocycles. The van der Waals surface area contributed by atoms with Crippen LogP contribution in [0.25, 0.3) is 0 Å². The normalized spacial score (nSPS) is 18.4. The lowest BCUT2D eigenvalue weighted by Crippen LogP contribution is -2.40. The Morgan fingerprint density at radius 1 is 1.43 bits per heavy atom. The first-order valence-corrected chi connectivity index (χ1v) is 7.34. The number of anilines is 1. The molecule has 1 saturated heterocycles. The van der Waals surface area contributed by atoms with Crippen molar-refractivity contribution in [2.45, 2.75) is 38.7 Å². The summed E-state index contributed by atoms with van der Waals surface area (Å²) in [6.45, 7) is 3.51. The number of aromatic nitrogens is 3. The van der Waals surface area contributed by atoms with Gasteiger partial charge in [0.15, 0.2) is 0 Å². The molecule has 3 N–H and O–H groups in total. The van der Waals surface area contributed by atoms with Crippen molar-refractivity contribution in [2.75, 3.05) is 31.2 Å². The molecule has 0 aromatic carbocycles. The first-order valence-electron chi connectivity index (χ1n) is 7.34. The Balaban J connectivity index is 1.75. The van der Waals surface area contributed by atoms with E-state index in [9.17, 15) is 8.78 Å². The Bertz CT molecular complexity index is 418. The van der Waals surface area contributed by atoms with E-state index in [0.717, 1.165) is 25.9 Å². The lowest BCUT2D eigenvalue weighted by Gasteiger charge is -2.32. The van der Waals surface area contributed by atoms with Gasteiger partial charge in [-0.2, -0.15) is 4.98 Å². The van der Waals surface area contributed by atoms with E-state index in [0.29, 0.717) is 24.1 Å². The summed E-state index contributed by atoms with van der Waals surface area (Å²) in [6, 6.07) is 0.224. The van der Waals surface area contributed by atoms with Crippen LogP contribution in [0.1, 0.15) is 25.6 Å². The largest absolute Gasteiger partial charge is 0.375 e. The monoisotopic (exact) mass is 303 g/mol. The van der Waals surface area contributed by atoms with Crippen LogP contribution < -0.4 is 10.6 Å². The number of H-pyrrole nitrogens is 1. The van der Waals surface area contributed by atoms with Gasteiger partial charge in [0.1, 0.15) is 12.4 Å². The molecule has 0 radical (unpaired) electrons. The highest BCUT2D eigenvalue weighted by Gasteiger charge is 2.23. The first-order chi connectivity index (χ1) is 10.1. The molecule has 0 amide bonds. The van der Waals surface area contributed by atoms with E-state index in [2.05, 4.69) is 20.1 Å². The second kappa shape index (κ2) is 7.65. The second-order valence-electron chi connectivity index (χ2n) is 5.48. The number of aromatic amines is 1. The number of rotatable bonds is 7. The fourth-order valence-electron chi connectivity index (χ4n) is 2.50. The molecule has 1 atom stereocenters. The zero-order valence-corrected chi connectivity index (χ0v) is 12.3. The van der Waals surface area contributed by atoms with Gasteiger partial charge in [-0.1, -0.05) is 0 Å². The molecule has 1 aromatic rings. The first kappa shape index (κ1) is 16.1. The standard InChI is InChI=1S/C13H23F2N5O/c1-9(16)10-2-5-20(6-3-10)13-17-12(18-19-13)4-7-21-8-11(14)15/h9-11H,2-8,16H2,1H3,(H,17,18,19). The predicted octanol–water partition coefficient (Wildman–Crippen LogP) is 1.19. The molecular formula is C13H23F2N5O. The van der Waals surface area contributed by atoms with Gasteiger partial charge in [0.05, 0.1) is 6.61 Å². The third-order valence-corrected chi connectivity index (χ3v) is 3.81. The Morgan fingerprint density at radius 2 is 2.14 bits per heavy atom. The number of nitrogens with two attached hydrogens (primary N) is 1. The van der Waals surface area contributed by atoms with Gasteiger partial charge in [0, 0.05) is 25.6 Å². The summed E-state index contributed by atoms with van der Waals surface area (Å²) in [7, 11) is 0. The fraction of sp³-hybridized carbons (Fsp3) is 0.846.